The number of benzene rings is 1. The van der Waals surface area contributed by atoms with Gasteiger partial charge >= 0.3 is 11.9 Å². The maximum atomic E-state index is 14.0. The van der Waals surface area contributed by atoms with E-state index in [0.717, 1.165) is 35.9 Å². The molecule has 2 N–H and O–H groups in total. The van der Waals surface area contributed by atoms with Crippen LogP contribution in [0.3, 0.4) is 0 Å². The van der Waals surface area contributed by atoms with E-state index in [2.05, 4.69) is 20.8 Å². The molecule has 226 valence electrons. The van der Waals surface area contributed by atoms with Gasteiger partial charge in [0.1, 0.15) is 15.7 Å². The van der Waals surface area contributed by atoms with E-state index < -0.39 is 34.8 Å². The van der Waals surface area contributed by atoms with Gasteiger partial charge in [-0.1, -0.05) is 37.2 Å². The third kappa shape index (κ3) is 7.94. The fraction of sp³-hybridized carbons (Fsp3) is 0.429. The number of amides is 2. The van der Waals surface area contributed by atoms with Crippen LogP contribution in [0.2, 0.25) is 0 Å². The average molecular weight is 620 g/mol. The maximum Gasteiger partial charge on any atom is 0.348 e. The molecule has 0 bridgehead atoms. The molecule has 0 aliphatic heterocycles. The maximum absolute atomic E-state index is 14.0. The number of nitrogens with one attached hydrogen (secondary N) is 2. The third-order valence-electron chi connectivity index (χ3n) is 6.03. The molecular formula is C28H34FN5O6S2. The van der Waals surface area contributed by atoms with Gasteiger partial charge in [0.05, 0.1) is 36.1 Å². The second kappa shape index (κ2) is 15.4. The normalized spacial score (nSPS) is 11.6. The molecule has 2 heterocycles. The quantitative estimate of drug-likeness (QED) is 0.189. The van der Waals surface area contributed by atoms with Crippen molar-refractivity contribution in [1.82, 2.24) is 20.1 Å². The van der Waals surface area contributed by atoms with Crippen LogP contribution >= 0.6 is 23.1 Å². The molecule has 0 saturated carbocycles. The number of unbranched alkanes of at least 4 members (excludes halogenated alkanes) is 1. The van der Waals surface area contributed by atoms with Crippen molar-refractivity contribution >= 4 is 51.9 Å². The number of carbonyl (C=O) groups is 4. The van der Waals surface area contributed by atoms with Crippen molar-refractivity contribution in [2.75, 3.05) is 18.5 Å². The fourth-order valence-corrected chi connectivity index (χ4v) is 5.83. The molecule has 0 saturated heterocycles. The van der Waals surface area contributed by atoms with E-state index in [1.807, 2.05) is 11.5 Å². The Morgan fingerprint density at radius 3 is 2.43 bits per heavy atom. The van der Waals surface area contributed by atoms with Gasteiger partial charge in [-0.15, -0.1) is 21.5 Å². The zero-order chi connectivity index (χ0) is 30.8. The van der Waals surface area contributed by atoms with Crippen LogP contribution in [0.1, 0.15) is 82.3 Å². The highest BCUT2D eigenvalue weighted by Crippen LogP contribution is 2.35. The fourth-order valence-electron chi connectivity index (χ4n) is 3.84. The number of ether oxygens (including phenoxy) is 2. The first kappa shape index (κ1) is 32.7. The van der Waals surface area contributed by atoms with Crippen LogP contribution < -0.4 is 10.6 Å². The zero-order valence-electron chi connectivity index (χ0n) is 24.1. The Kier molecular flexibility index (Phi) is 12.0. The molecule has 3 aromatic rings. The second-order valence-electron chi connectivity index (χ2n) is 9.02. The molecule has 42 heavy (non-hydrogen) atoms. The summed E-state index contributed by atoms with van der Waals surface area (Å²) < 4.78 is 26.1. The van der Waals surface area contributed by atoms with Crippen molar-refractivity contribution in [2.45, 2.75) is 71.0 Å². The Morgan fingerprint density at radius 1 is 1.07 bits per heavy atom. The van der Waals surface area contributed by atoms with Gasteiger partial charge in [0, 0.05) is 6.54 Å². The summed E-state index contributed by atoms with van der Waals surface area (Å²) in [7, 11) is 0. The number of esters is 2. The van der Waals surface area contributed by atoms with Gasteiger partial charge < -0.3 is 24.7 Å². The summed E-state index contributed by atoms with van der Waals surface area (Å²) in [4.78, 5) is 51.1. The minimum absolute atomic E-state index is 0.0129. The Hall–Kier alpha value is -3.78. The van der Waals surface area contributed by atoms with Crippen LogP contribution in [-0.2, 0) is 27.4 Å². The van der Waals surface area contributed by atoms with Gasteiger partial charge in [-0.25, -0.2) is 14.0 Å². The average Bonchev–Trinajstić information content (AvgIpc) is 3.50. The lowest BCUT2D eigenvalue weighted by Crippen LogP contribution is -2.26. The predicted molar refractivity (Wildman–Crippen MR) is 157 cm³/mol. The monoisotopic (exact) mass is 619 g/mol. The first-order valence-corrected chi connectivity index (χ1v) is 15.2. The number of halogens is 1. The molecule has 2 aromatic heterocycles. The zero-order valence-corrected chi connectivity index (χ0v) is 25.7. The Bertz CT molecular complexity index is 1440. The number of nitrogens with zero attached hydrogens (tertiary/aromatic N) is 3. The first-order valence-electron chi connectivity index (χ1n) is 13.5. The smallest absolute Gasteiger partial charge is 0.348 e. The van der Waals surface area contributed by atoms with Crippen LogP contribution in [0.25, 0.3) is 0 Å². The lowest BCUT2D eigenvalue weighted by Gasteiger charge is -2.14. The van der Waals surface area contributed by atoms with Crippen molar-refractivity contribution in [3.63, 3.8) is 0 Å². The predicted octanol–water partition coefficient (Wildman–Crippen LogP) is 4.99. The molecule has 0 spiro atoms. The van der Waals surface area contributed by atoms with Crippen LogP contribution in [0.5, 0.6) is 0 Å². The number of thiophene rings is 1. The van der Waals surface area contributed by atoms with Crippen LogP contribution in [-0.4, -0.2) is 57.0 Å². The van der Waals surface area contributed by atoms with Crippen LogP contribution in [0, 0.1) is 12.7 Å². The van der Waals surface area contributed by atoms with Gasteiger partial charge in [0.2, 0.25) is 5.91 Å². The van der Waals surface area contributed by atoms with E-state index in [4.69, 9.17) is 9.47 Å². The first-order chi connectivity index (χ1) is 20.1. The lowest BCUT2D eigenvalue weighted by atomic mass is 10.1. The molecule has 0 fully saturated rings. The number of hydrogen-bond donors (Lipinski definition) is 2. The standard InChI is InChI=1S/C28H34FN5O6S2/c1-6-9-14-34-20(15-30-24(36)18-12-10-11-13-19(18)29)32-33-28(34)41-17(5)23(35)31-25-21(26(37)39-7-2)16(4)22(42-25)27(38)40-8-3/h10-13,17H,6-9,14-15H2,1-5H3,(H,30,36)(H,31,35)/t17-/m1/s1. The number of aromatic nitrogens is 3. The number of thioether (sulfide) groups is 1. The highest BCUT2D eigenvalue weighted by molar-refractivity contribution is 8.00. The SMILES string of the molecule is CCCCn1c(CNC(=O)c2ccccc2F)nnc1S[C@H](C)C(=O)Nc1sc(C(=O)OCC)c(C)c1C(=O)OCC. The van der Waals surface area contributed by atoms with E-state index in [-0.39, 0.29) is 40.8 Å². The number of anilines is 1. The molecule has 3 rings (SSSR count). The summed E-state index contributed by atoms with van der Waals surface area (Å²) >= 11 is 2.10. The van der Waals surface area contributed by atoms with Crippen molar-refractivity contribution in [1.29, 1.82) is 0 Å². The second-order valence-corrected chi connectivity index (χ2v) is 11.3. The summed E-state index contributed by atoms with van der Waals surface area (Å²) in [5.74, 6) is -2.42. The van der Waals surface area contributed by atoms with E-state index >= 15 is 0 Å². The minimum Gasteiger partial charge on any atom is -0.462 e. The minimum atomic E-state index is -0.682. The summed E-state index contributed by atoms with van der Waals surface area (Å²) in [6.45, 7) is 9.49. The van der Waals surface area contributed by atoms with Gasteiger partial charge in [-0.2, -0.15) is 0 Å². The molecule has 11 nitrogen and oxygen atoms in total. The van der Waals surface area contributed by atoms with Gasteiger partial charge in [-0.05, 0) is 51.8 Å². The summed E-state index contributed by atoms with van der Waals surface area (Å²) in [5, 5.41) is 13.8. The Labute approximate surface area is 251 Å². The lowest BCUT2D eigenvalue weighted by molar-refractivity contribution is -0.115. The molecule has 2 amide bonds. The Balaban J connectivity index is 1.78. The van der Waals surface area contributed by atoms with E-state index in [9.17, 15) is 23.6 Å². The molecule has 0 aliphatic carbocycles. The third-order valence-corrected chi connectivity index (χ3v) is 8.30. The van der Waals surface area contributed by atoms with Crippen molar-refractivity contribution < 1.29 is 33.0 Å². The number of hydrogen-bond acceptors (Lipinski definition) is 10. The summed E-state index contributed by atoms with van der Waals surface area (Å²) in [6.07, 6.45) is 1.69. The van der Waals surface area contributed by atoms with Crippen LogP contribution in [0.15, 0.2) is 29.4 Å². The molecule has 1 atom stereocenters. The summed E-state index contributed by atoms with van der Waals surface area (Å²) in [5.41, 5.74) is 0.400. The largest absolute Gasteiger partial charge is 0.462 e. The van der Waals surface area contributed by atoms with Gasteiger partial charge in [0.15, 0.2) is 11.0 Å². The van der Waals surface area contributed by atoms with E-state index in [1.54, 1.807) is 33.8 Å². The van der Waals surface area contributed by atoms with Gasteiger partial charge in [0.25, 0.3) is 5.91 Å². The van der Waals surface area contributed by atoms with E-state index in [0.29, 0.717) is 23.1 Å². The number of carbonyl (C=O) groups excluding carboxylic acids is 4. The topological polar surface area (TPSA) is 142 Å². The molecule has 14 heteroatoms. The number of rotatable bonds is 14. The van der Waals surface area contributed by atoms with Crippen LogP contribution in [0.4, 0.5) is 9.39 Å². The Morgan fingerprint density at radius 2 is 1.76 bits per heavy atom. The van der Waals surface area contributed by atoms with E-state index in [1.165, 1.54) is 18.2 Å². The molecule has 0 unspecified atom stereocenters. The van der Waals surface area contributed by atoms with Crippen molar-refractivity contribution in [3.05, 3.63) is 57.5 Å². The summed E-state index contributed by atoms with van der Waals surface area (Å²) in [6, 6.07) is 5.69. The highest BCUT2D eigenvalue weighted by atomic mass is 32.2. The van der Waals surface area contributed by atoms with Gasteiger partial charge in [-0.3, -0.25) is 9.59 Å². The molecule has 0 radical (unpaired) electrons. The van der Waals surface area contributed by atoms with Crippen molar-refractivity contribution in [3.8, 4) is 0 Å². The molecular weight excluding hydrogens is 585 g/mol. The molecule has 0 aliphatic rings. The highest BCUT2D eigenvalue weighted by Gasteiger charge is 2.29. The van der Waals surface area contributed by atoms with Crippen molar-refractivity contribution in [2.24, 2.45) is 0 Å². The molecule has 1 aromatic carbocycles.